The Balaban J connectivity index is 1.57. The van der Waals surface area contributed by atoms with Crippen LogP contribution in [-0.4, -0.2) is 11.8 Å². The summed E-state index contributed by atoms with van der Waals surface area (Å²) in [6, 6.07) is 10.1. The van der Waals surface area contributed by atoms with Crippen molar-refractivity contribution in [2.24, 2.45) is 5.73 Å². The molecule has 2 aromatic carbocycles. The highest BCUT2D eigenvalue weighted by atomic mass is 32.1. The number of fused-ring (bicyclic) bond motifs is 1. The van der Waals surface area contributed by atoms with Crippen LogP contribution in [0.2, 0.25) is 0 Å². The molecule has 0 bridgehead atoms. The van der Waals surface area contributed by atoms with Crippen molar-refractivity contribution in [3.05, 3.63) is 63.0 Å². The quantitative estimate of drug-likeness (QED) is 0.718. The minimum Gasteiger partial charge on any atom is -0.365 e. The number of carbonyl (C=O) groups is 2. The third kappa shape index (κ3) is 2.57. The van der Waals surface area contributed by atoms with Crippen molar-refractivity contribution in [2.75, 3.05) is 5.32 Å². The van der Waals surface area contributed by atoms with E-state index in [-0.39, 0.29) is 5.91 Å². The maximum Gasteiger partial charge on any atom is 0.256 e. The number of aryl methyl sites for hydroxylation is 3. The fraction of sp³-hybridized carbons (Fsp3) is 0.273. The Labute approximate surface area is 161 Å². The highest BCUT2D eigenvalue weighted by molar-refractivity contribution is 7.17. The number of thiophene rings is 1. The number of benzene rings is 2. The topological polar surface area (TPSA) is 72.2 Å². The van der Waals surface area contributed by atoms with Crippen LogP contribution in [-0.2, 0) is 25.7 Å². The summed E-state index contributed by atoms with van der Waals surface area (Å²) in [6.45, 7) is 0. The summed E-state index contributed by atoms with van der Waals surface area (Å²) in [7, 11) is 0. The number of nitrogens with one attached hydrogen (secondary N) is 1. The van der Waals surface area contributed by atoms with Crippen molar-refractivity contribution in [1.29, 1.82) is 0 Å². The number of amides is 2. The van der Waals surface area contributed by atoms with Crippen LogP contribution in [0.25, 0.3) is 10.8 Å². The Morgan fingerprint density at radius 2 is 1.74 bits per heavy atom. The molecule has 1 heterocycles. The lowest BCUT2D eigenvalue weighted by molar-refractivity contribution is 0.100. The number of hydrogen-bond donors (Lipinski definition) is 2. The van der Waals surface area contributed by atoms with Crippen LogP contribution in [0.1, 0.15) is 55.1 Å². The summed E-state index contributed by atoms with van der Waals surface area (Å²) in [5.74, 6) is -0.628. The van der Waals surface area contributed by atoms with Crippen molar-refractivity contribution < 1.29 is 9.59 Å². The Kier molecular flexibility index (Phi) is 3.79. The average molecular weight is 376 g/mol. The third-order valence-corrected chi connectivity index (χ3v) is 6.97. The van der Waals surface area contributed by atoms with E-state index in [4.69, 9.17) is 5.73 Å². The number of carbonyl (C=O) groups excluding carboxylic acids is 2. The first kappa shape index (κ1) is 16.5. The molecule has 3 N–H and O–H groups in total. The van der Waals surface area contributed by atoms with Crippen molar-refractivity contribution in [3.8, 4) is 0 Å². The zero-order chi connectivity index (χ0) is 18.5. The van der Waals surface area contributed by atoms with Crippen molar-refractivity contribution in [3.63, 3.8) is 0 Å². The van der Waals surface area contributed by atoms with Crippen LogP contribution in [0.3, 0.4) is 0 Å². The summed E-state index contributed by atoms with van der Waals surface area (Å²) < 4.78 is 0. The SMILES string of the molecule is NC(=O)c1c(NC(=O)c2ccc3c4c(cccc24)CC3)sc2c1CCCC2. The van der Waals surface area contributed by atoms with Crippen LogP contribution < -0.4 is 11.1 Å². The Bertz CT molecular complexity index is 1100. The highest BCUT2D eigenvalue weighted by Gasteiger charge is 2.26. The van der Waals surface area contributed by atoms with Gasteiger partial charge in [-0.2, -0.15) is 0 Å². The lowest BCUT2D eigenvalue weighted by Gasteiger charge is -2.11. The van der Waals surface area contributed by atoms with Gasteiger partial charge in [-0.1, -0.05) is 24.3 Å². The molecule has 5 heteroatoms. The molecule has 0 spiro atoms. The molecule has 4 nitrogen and oxygen atoms in total. The van der Waals surface area contributed by atoms with E-state index >= 15 is 0 Å². The van der Waals surface area contributed by atoms with Gasteiger partial charge in [-0.3, -0.25) is 9.59 Å². The molecule has 0 saturated heterocycles. The zero-order valence-electron chi connectivity index (χ0n) is 14.9. The maximum atomic E-state index is 13.1. The molecule has 0 fully saturated rings. The maximum absolute atomic E-state index is 13.1. The number of hydrogen-bond acceptors (Lipinski definition) is 3. The van der Waals surface area contributed by atoms with Gasteiger partial charge in [0.25, 0.3) is 11.8 Å². The summed E-state index contributed by atoms with van der Waals surface area (Å²) in [6.07, 6.45) is 6.06. The second-order valence-electron chi connectivity index (χ2n) is 7.35. The van der Waals surface area contributed by atoms with Gasteiger partial charge in [-0.25, -0.2) is 0 Å². The lowest BCUT2D eigenvalue weighted by Crippen LogP contribution is -2.18. The molecule has 0 saturated carbocycles. The van der Waals surface area contributed by atoms with Crippen molar-refractivity contribution in [1.82, 2.24) is 0 Å². The minimum atomic E-state index is -0.454. The molecule has 0 atom stereocenters. The molecular formula is C22H20N2O2S. The van der Waals surface area contributed by atoms with Gasteiger partial charge in [-0.15, -0.1) is 11.3 Å². The second-order valence-corrected chi connectivity index (χ2v) is 8.45. The molecule has 0 radical (unpaired) electrons. The van der Waals surface area contributed by atoms with Gasteiger partial charge in [0.15, 0.2) is 0 Å². The van der Waals surface area contributed by atoms with Crippen LogP contribution in [0.15, 0.2) is 30.3 Å². The first-order chi connectivity index (χ1) is 13.1. The molecule has 0 aliphatic heterocycles. The predicted octanol–water partition coefficient (Wildman–Crippen LogP) is 4.23. The third-order valence-electron chi connectivity index (χ3n) is 5.77. The monoisotopic (exact) mass is 376 g/mol. The smallest absolute Gasteiger partial charge is 0.256 e. The van der Waals surface area contributed by atoms with E-state index < -0.39 is 5.91 Å². The Morgan fingerprint density at radius 3 is 2.56 bits per heavy atom. The van der Waals surface area contributed by atoms with Gasteiger partial charge in [-0.05, 0) is 72.1 Å². The van der Waals surface area contributed by atoms with Crippen LogP contribution >= 0.6 is 11.3 Å². The van der Waals surface area contributed by atoms with E-state index in [0.29, 0.717) is 16.1 Å². The van der Waals surface area contributed by atoms with Gasteiger partial charge >= 0.3 is 0 Å². The van der Waals surface area contributed by atoms with Gasteiger partial charge in [0.1, 0.15) is 5.00 Å². The van der Waals surface area contributed by atoms with Crippen LogP contribution in [0.4, 0.5) is 5.00 Å². The summed E-state index contributed by atoms with van der Waals surface area (Å²) >= 11 is 1.50. The zero-order valence-corrected chi connectivity index (χ0v) is 15.7. The molecule has 2 aliphatic carbocycles. The van der Waals surface area contributed by atoms with E-state index in [1.54, 1.807) is 0 Å². The lowest BCUT2D eigenvalue weighted by atomic mass is 9.95. The van der Waals surface area contributed by atoms with Crippen molar-refractivity contribution >= 4 is 38.9 Å². The molecule has 2 aliphatic rings. The van der Waals surface area contributed by atoms with Gasteiger partial charge in [0.2, 0.25) is 0 Å². The number of primary amides is 1. The first-order valence-electron chi connectivity index (χ1n) is 9.42. The molecule has 3 aromatic rings. The van der Waals surface area contributed by atoms with Gasteiger partial charge < -0.3 is 11.1 Å². The second kappa shape index (κ2) is 6.20. The highest BCUT2D eigenvalue weighted by Crippen LogP contribution is 2.39. The molecule has 0 unspecified atom stereocenters. The summed E-state index contributed by atoms with van der Waals surface area (Å²) in [5, 5.41) is 5.80. The Morgan fingerprint density at radius 1 is 0.963 bits per heavy atom. The molecule has 27 heavy (non-hydrogen) atoms. The van der Waals surface area contributed by atoms with Crippen LogP contribution in [0.5, 0.6) is 0 Å². The van der Waals surface area contributed by atoms with Crippen molar-refractivity contribution in [2.45, 2.75) is 38.5 Å². The fourth-order valence-electron chi connectivity index (χ4n) is 4.53. The molecule has 5 rings (SSSR count). The van der Waals surface area contributed by atoms with Gasteiger partial charge in [0.05, 0.1) is 5.56 Å². The van der Waals surface area contributed by atoms with E-state index in [9.17, 15) is 9.59 Å². The molecular weight excluding hydrogens is 356 g/mol. The summed E-state index contributed by atoms with van der Waals surface area (Å²) in [4.78, 5) is 26.3. The Hall–Kier alpha value is -2.66. The molecule has 1 aromatic heterocycles. The molecule has 136 valence electrons. The first-order valence-corrected chi connectivity index (χ1v) is 10.2. The number of anilines is 1. The normalized spacial score (nSPS) is 15.0. The largest absolute Gasteiger partial charge is 0.365 e. The van der Waals surface area contributed by atoms with Gasteiger partial charge in [0, 0.05) is 10.4 Å². The summed E-state index contributed by atoms with van der Waals surface area (Å²) in [5.41, 5.74) is 10.5. The fourth-order valence-corrected chi connectivity index (χ4v) is 5.82. The standard InChI is InChI=1S/C22H20N2O2S/c23-20(25)19-16-5-1-2-7-17(16)27-22(19)24-21(26)15-11-10-13-9-8-12-4-3-6-14(15)18(12)13/h3-4,6,10-11H,1-2,5,7-9H2,(H2,23,25)(H,24,26). The van der Waals surface area contributed by atoms with E-state index in [1.807, 2.05) is 18.2 Å². The van der Waals surface area contributed by atoms with Crippen LogP contribution in [0, 0.1) is 0 Å². The molecule has 2 amide bonds. The number of nitrogens with two attached hydrogens (primary N) is 1. The average Bonchev–Trinajstić information content (AvgIpc) is 3.24. The minimum absolute atomic E-state index is 0.174. The van der Waals surface area contributed by atoms with E-state index in [2.05, 4.69) is 17.4 Å². The van der Waals surface area contributed by atoms with E-state index in [0.717, 1.165) is 49.5 Å². The predicted molar refractivity (Wildman–Crippen MR) is 109 cm³/mol. The number of rotatable bonds is 3. The van der Waals surface area contributed by atoms with E-state index in [1.165, 1.54) is 32.7 Å².